The maximum Gasteiger partial charge on any atom is 0.231 e. The minimum atomic E-state index is -3.25. The number of rotatable bonds is 5. The van der Waals surface area contributed by atoms with E-state index in [2.05, 4.69) is 5.32 Å². The van der Waals surface area contributed by atoms with Crippen molar-refractivity contribution in [2.75, 3.05) is 19.1 Å². The fourth-order valence-corrected chi connectivity index (χ4v) is 3.06. The first-order chi connectivity index (χ1) is 8.65. The fourth-order valence-electron chi connectivity index (χ4n) is 1.87. The third kappa shape index (κ3) is 2.44. The summed E-state index contributed by atoms with van der Waals surface area (Å²) in [5.74, 6) is 1.22. The predicted octanol–water partition coefficient (Wildman–Crippen LogP) is 0.941. The van der Waals surface area contributed by atoms with E-state index in [9.17, 15) is 8.42 Å². The van der Waals surface area contributed by atoms with Gasteiger partial charge < -0.3 is 14.8 Å². The highest BCUT2D eigenvalue weighted by molar-refractivity contribution is 7.91. The lowest BCUT2D eigenvalue weighted by Crippen LogP contribution is -2.24. The number of fused-ring (bicyclic) bond motifs is 1. The molecule has 0 saturated heterocycles. The Morgan fingerprint density at radius 2 is 2.00 bits per heavy atom. The zero-order valence-corrected chi connectivity index (χ0v) is 10.7. The van der Waals surface area contributed by atoms with Gasteiger partial charge in [-0.2, -0.15) is 0 Å². The van der Waals surface area contributed by atoms with Crippen LogP contribution in [0.4, 0.5) is 0 Å². The van der Waals surface area contributed by atoms with Gasteiger partial charge in [-0.3, -0.25) is 0 Å². The SMILES string of the molecule is O=S(=O)(CCNC1CC1)c1ccc2c(c1)OCO2. The molecule has 1 fully saturated rings. The highest BCUT2D eigenvalue weighted by atomic mass is 32.2. The predicted molar refractivity (Wildman–Crippen MR) is 65.6 cm³/mol. The number of hydrogen-bond acceptors (Lipinski definition) is 5. The van der Waals surface area contributed by atoms with Crippen molar-refractivity contribution < 1.29 is 17.9 Å². The minimum Gasteiger partial charge on any atom is -0.454 e. The summed E-state index contributed by atoms with van der Waals surface area (Å²) in [4.78, 5) is 0.296. The zero-order chi connectivity index (χ0) is 12.6. The molecule has 1 saturated carbocycles. The molecule has 3 rings (SSSR count). The van der Waals surface area contributed by atoms with Crippen LogP contribution in [-0.2, 0) is 9.84 Å². The molecule has 1 aliphatic carbocycles. The summed E-state index contributed by atoms with van der Waals surface area (Å²) in [6.07, 6.45) is 2.31. The van der Waals surface area contributed by atoms with Crippen molar-refractivity contribution in [2.45, 2.75) is 23.8 Å². The molecule has 0 unspecified atom stereocenters. The van der Waals surface area contributed by atoms with Crippen LogP contribution in [0.2, 0.25) is 0 Å². The molecule has 0 amide bonds. The van der Waals surface area contributed by atoms with E-state index in [0.717, 1.165) is 12.8 Å². The summed E-state index contributed by atoms with van der Waals surface area (Å²) in [5.41, 5.74) is 0. The van der Waals surface area contributed by atoms with E-state index in [1.54, 1.807) is 12.1 Å². The molecule has 1 aromatic carbocycles. The van der Waals surface area contributed by atoms with Crippen LogP contribution in [0, 0.1) is 0 Å². The Morgan fingerprint density at radius 3 is 2.78 bits per heavy atom. The lowest BCUT2D eigenvalue weighted by Gasteiger charge is -2.06. The molecule has 98 valence electrons. The molecule has 0 bridgehead atoms. The molecule has 1 heterocycles. The highest BCUT2D eigenvalue weighted by Gasteiger charge is 2.23. The molecule has 6 heteroatoms. The lowest BCUT2D eigenvalue weighted by molar-refractivity contribution is 0.174. The van der Waals surface area contributed by atoms with E-state index < -0.39 is 9.84 Å². The molecule has 2 aliphatic rings. The zero-order valence-electron chi connectivity index (χ0n) is 9.89. The van der Waals surface area contributed by atoms with Gasteiger partial charge in [-0.25, -0.2) is 8.42 Å². The molecule has 0 spiro atoms. The van der Waals surface area contributed by atoms with Crippen molar-refractivity contribution in [3.05, 3.63) is 18.2 Å². The number of benzene rings is 1. The number of hydrogen-bond donors (Lipinski definition) is 1. The summed E-state index contributed by atoms with van der Waals surface area (Å²) >= 11 is 0. The van der Waals surface area contributed by atoms with Gasteiger partial charge in [-0.15, -0.1) is 0 Å². The largest absolute Gasteiger partial charge is 0.454 e. The molecule has 1 aromatic rings. The van der Waals surface area contributed by atoms with Crippen molar-refractivity contribution in [3.63, 3.8) is 0 Å². The summed E-state index contributed by atoms with van der Waals surface area (Å²) in [6, 6.07) is 5.27. The van der Waals surface area contributed by atoms with Gasteiger partial charge in [0.2, 0.25) is 6.79 Å². The van der Waals surface area contributed by atoms with Gasteiger partial charge in [0.15, 0.2) is 21.3 Å². The third-order valence-corrected chi connectivity index (χ3v) is 4.80. The molecule has 0 aromatic heterocycles. The van der Waals surface area contributed by atoms with Crippen LogP contribution >= 0.6 is 0 Å². The lowest BCUT2D eigenvalue weighted by atomic mass is 10.3. The summed E-state index contributed by atoms with van der Waals surface area (Å²) in [6.45, 7) is 0.656. The summed E-state index contributed by atoms with van der Waals surface area (Å²) in [5, 5.41) is 3.20. The van der Waals surface area contributed by atoms with Gasteiger partial charge in [0.05, 0.1) is 10.6 Å². The van der Waals surface area contributed by atoms with Crippen molar-refractivity contribution >= 4 is 9.84 Å². The first kappa shape index (κ1) is 11.8. The topological polar surface area (TPSA) is 64.6 Å². The van der Waals surface area contributed by atoms with Gasteiger partial charge in [0, 0.05) is 18.7 Å². The molecule has 1 N–H and O–H groups in total. The Balaban J connectivity index is 1.71. The Bertz CT molecular complexity index is 551. The number of sulfone groups is 1. The smallest absolute Gasteiger partial charge is 0.231 e. The number of nitrogens with one attached hydrogen (secondary N) is 1. The van der Waals surface area contributed by atoms with Gasteiger partial charge in [0.1, 0.15) is 0 Å². The molecule has 0 atom stereocenters. The quantitative estimate of drug-likeness (QED) is 0.862. The molecule has 1 aliphatic heterocycles. The van der Waals surface area contributed by atoms with Crippen LogP contribution in [0.3, 0.4) is 0 Å². The molecule has 18 heavy (non-hydrogen) atoms. The van der Waals surface area contributed by atoms with E-state index in [1.165, 1.54) is 6.07 Å². The van der Waals surface area contributed by atoms with Crippen LogP contribution in [0.25, 0.3) is 0 Å². The monoisotopic (exact) mass is 269 g/mol. The minimum absolute atomic E-state index is 0.114. The van der Waals surface area contributed by atoms with Gasteiger partial charge in [-0.05, 0) is 25.0 Å². The van der Waals surface area contributed by atoms with E-state index in [4.69, 9.17) is 9.47 Å². The second kappa shape index (κ2) is 4.44. The normalized spacial score (nSPS) is 18.0. The summed E-state index contributed by atoms with van der Waals surface area (Å²) in [7, 11) is -3.25. The number of ether oxygens (including phenoxy) is 2. The Labute approximate surface area is 106 Å². The van der Waals surface area contributed by atoms with Crippen LogP contribution in [0.1, 0.15) is 12.8 Å². The van der Waals surface area contributed by atoms with Crippen LogP contribution in [-0.4, -0.2) is 33.6 Å². The molecular formula is C12H15NO4S. The maximum absolute atomic E-state index is 12.1. The van der Waals surface area contributed by atoms with E-state index in [1.807, 2.05) is 0 Å². The molecule has 0 radical (unpaired) electrons. The van der Waals surface area contributed by atoms with Crippen molar-refractivity contribution in [1.82, 2.24) is 5.32 Å². The fraction of sp³-hybridized carbons (Fsp3) is 0.500. The first-order valence-electron chi connectivity index (χ1n) is 6.01. The van der Waals surface area contributed by atoms with Gasteiger partial charge >= 0.3 is 0 Å². The second-order valence-corrected chi connectivity index (χ2v) is 6.67. The average Bonchev–Trinajstić information content (AvgIpc) is 3.04. The van der Waals surface area contributed by atoms with Crippen molar-refractivity contribution in [3.8, 4) is 11.5 Å². The standard InChI is InChI=1S/C12H15NO4S/c14-18(15,6-5-13-9-1-2-9)10-3-4-11-12(7-10)17-8-16-11/h3-4,7,9,13H,1-2,5-6,8H2. The third-order valence-electron chi connectivity index (χ3n) is 3.08. The van der Waals surface area contributed by atoms with Gasteiger partial charge in [0.25, 0.3) is 0 Å². The van der Waals surface area contributed by atoms with Gasteiger partial charge in [-0.1, -0.05) is 0 Å². The van der Waals surface area contributed by atoms with Crippen LogP contribution < -0.4 is 14.8 Å². The second-order valence-electron chi connectivity index (χ2n) is 4.56. The highest BCUT2D eigenvalue weighted by Crippen LogP contribution is 2.34. The Kier molecular flexibility index (Phi) is 2.91. The molecule has 5 nitrogen and oxygen atoms in total. The Hall–Kier alpha value is -1.27. The Morgan fingerprint density at radius 1 is 1.22 bits per heavy atom. The summed E-state index contributed by atoms with van der Waals surface area (Å²) < 4.78 is 34.5. The van der Waals surface area contributed by atoms with E-state index in [0.29, 0.717) is 29.0 Å². The van der Waals surface area contributed by atoms with Crippen LogP contribution in [0.15, 0.2) is 23.1 Å². The van der Waals surface area contributed by atoms with Crippen molar-refractivity contribution in [2.24, 2.45) is 0 Å². The molecular weight excluding hydrogens is 254 g/mol. The van der Waals surface area contributed by atoms with Crippen molar-refractivity contribution in [1.29, 1.82) is 0 Å². The maximum atomic E-state index is 12.1. The van der Waals surface area contributed by atoms with Crippen LogP contribution in [0.5, 0.6) is 11.5 Å². The van der Waals surface area contributed by atoms with E-state index >= 15 is 0 Å². The first-order valence-corrected chi connectivity index (χ1v) is 7.66. The van der Waals surface area contributed by atoms with E-state index in [-0.39, 0.29) is 12.5 Å². The average molecular weight is 269 g/mol.